The highest BCUT2D eigenvalue weighted by Crippen LogP contribution is 2.16. The molecule has 2 aromatic carbocycles. The van der Waals surface area contributed by atoms with E-state index in [9.17, 15) is 27.6 Å². The van der Waals surface area contributed by atoms with Crippen LogP contribution in [0.1, 0.15) is 45.2 Å². The maximum atomic E-state index is 12.5. The Hall–Kier alpha value is -3.57. The fourth-order valence-corrected chi connectivity index (χ4v) is 3.79. The van der Waals surface area contributed by atoms with Crippen LogP contribution in [0.25, 0.3) is 0 Å². The van der Waals surface area contributed by atoms with E-state index in [1.807, 2.05) is 0 Å². The van der Waals surface area contributed by atoms with E-state index in [1.165, 1.54) is 43.3 Å². The number of aromatic carboxylic acids is 1. The van der Waals surface area contributed by atoms with E-state index in [-0.39, 0.29) is 22.6 Å². The lowest BCUT2D eigenvalue weighted by atomic mass is 10.1. The number of carboxylic acid groups (broad SMARTS) is 2. The largest absolute Gasteiger partial charge is 0.481 e. The molecule has 0 fully saturated rings. The van der Waals surface area contributed by atoms with Crippen molar-refractivity contribution in [1.82, 2.24) is 10.0 Å². The third kappa shape index (κ3) is 6.46. The van der Waals surface area contributed by atoms with Gasteiger partial charge in [-0.25, -0.2) is 17.9 Å². The zero-order chi connectivity index (χ0) is 24.1. The van der Waals surface area contributed by atoms with Gasteiger partial charge in [-0.05, 0) is 49.2 Å². The summed E-state index contributed by atoms with van der Waals surface area (Å²) in [5, 5.41) is 20.3. The summed E-state index contributed by atoms with van der Waals surface area (Å²) in [6.45, 7) is 2.62. The van der Waals surface area contributed by atoms with E-state index in [4.69, 9.17) is 10.2 Å². The van der Waals surface area contributed by atoms with Gasteiger partial charge in [-0.15, -0.1) is 0 Å². The Bertz CT molecular complexity index is 1160. The summed E-state index contributed by atoms with van der Waals surface area (Å²) in [4.78, 5) is 45.6. The number of ketones is 1. The van der Waals surface area contributed by atoms with Gasteiger partial charge < -0.3 is 15.5 Å². The number of carboxylic acids is 2. The molecule has 0 saturated heterocycles. The van der Waals surface area contributed by atoms with Crippen molar-refractivity contribution in [2.45, 2.75) is 37.8 Å². The molecular weight excluding hydrogens is 440 g/mol. The van der Waals surface area contributed by atoms with Gasteiger partial charge in [0.05, 0.1) is 22.9 Å². The quantitative estimate of drug-likeness (QED) is 0.410. The van der Waals surface area contributed by atoms with Gasteiger partial charge in [-0.1, -0.05) is 18.2 Å². The normalized spacial score (nSPS) is 12.1. The highest BCUT2D eigenvalue weighted by Gasteiger charge is 2.21. The molecule has 2 aromatic rings. The van der Waals surface area contributed by atoms with E-state index in [0.29, 0.717) is 11.1 Å². The molecule has 0 heterocycles. The van der Waals surface area contributed by atoms with Crippen molar-refractivity contribution in [1.29, 1.82) is 0 Å². The van der Waals surface area contributed by atoms with Crippen LogP contribution in [0.5, 0.6) is 0 Å². The number of hydrogen-bond donors (Lipinski definition) is 4. The molecule has 10 nitrogen and oxygen atoms in total. The molecule has 170 valence electrons. The third-order valence-electron chi connectivity index (χ3n) is 4.61. The maximum Gasteiger partial charge on any atom is 0.335 e. The van der Waals surface area contributed by atoms with Gasteiger partial charge in [0.1, 0.15) is 0 Å². The number of amides is 1. The molecule has 0 spiro atoms. The first-order valence-corrected chi connectivity index (χ1v) is 10.8. The molecule has 1 atom stereocenters. The Balaban J connectivity index is 2.07. The minimum absolute atomic E-state index is 0.115. The predicted molar refractivity (Wildman–Crippen MR) is 113 cm³/mol. The number of sulfonamides is 1. The minimum atomic E-state index is -3.98. The Kier molecular flexibility index (Phi) is 7.84. The number of nitrogens with one attached hydrogen (secondary N) is 2. The van der Waals surface area contributed by atoms with Crippen LogP contribution in [-0.4, -0.2) is 48.3 Å². The van der Waals surface area contributed by atoms with Crippen molar-refractivity contribution < 1.29 is 37.8 Å². The van der Waals surface area contributed by atoms with Crippen LogP contribution >= 0.6 is 0 Å². The van der Waals surface area contributed by atoms with Crippen LogP contribution in [0.3, 0.4) is 0 Å². The summed E-state index contributed by atoms with van der Waals surface area (Å²) in [5.74, 6) is -3.59. The number of benzene rings is 2. The number of rotatable bonds is 10. The van der Waals surface area contributed by atoms with Crippen molar-refractivity contribution in [3.63, 3.8) is 0 Å². The summed E-state index contributed by atoms with van der Waals surface area (Å²) < 4.78 is 27.3. The smallest absolute Gasteiger partial charge is 0.335 e. The second kappa shape index (κ2) is 10.2. The highest BCUT2D eigenvalue weighted by atomic mass is 32.2. The second-order valence-electron chi connectivity index (χ2n) is 7.04. The van der Waals surface area contributed by atoms with Crippen molar-refractivity contribution in [2.75, 3.05) is 0 Å². The monoisotopic (exact) mass is 462 g/mol. The molecule has 0 saturated carbocycles. The van der Waals surface area contributed by atoms with Crippen LogP contribution < -0.4 is 10.0 Å². The van der Waals surface area contributed by atoms with E-state index >= 15 is 0 Å². The molecule has 32 heavy (non-hydrogen) atoms. The number of Topliss-reactive ketones (excluding diaryl/α,β-unsaturated/α-hetero) is 1. The first-order valence-electron chi connectivity index (χ1n) is 9.36. The molecule has 0 aliphatic rings. The van der Waals surface area contributed by atoms with E-state index in [2.05, 4.69) is 10.0 Å². The van der Waals surface area contributed by atoms with Gasteiger partial charge in [0.2, 0.25) is 10.0 Å². The molecular formula is C21H22N2O8S. The molecule has 11 heteroatoms. The summed E-state index contributed by atoms with van der Waals surface area (Å²) in [5.41, 5.74) is 0.998. The summed E-state index contributed by atoms with van der Waals surface area (Å²) in [6, 6.07) is 8.44. The number of carbonyl (C=O) groups is 4. The average Bonchev–Trinajstić information content (AvgIpc) is 2.71. The Morgan fingerprint density at radius 3 is 2.16 bits per heavy atom. The van der Waals surface area contributed by atoms with Crippen LogP contribution in [0, 0.1) is 6.92 Å². The third-order valence-corrected chi connectivity index (χ3v) is 6.01. The molecule has 0 radical (unpaired) electrons. The van der Waals surface area contributed by atoms with Gasteiger partial charge in [0, 0.05) is 12.1 Å². The van der Waals surface area contributed by atoms with Gasteiger partial charge in [-0.2, -0.15) is 0 Å². The molecule has 0 bridgehead atoms. The lowest BCUT2D eigenvalue weighted by Crippen LogP contribution is -2.41. The van der Waals surface area contributed by atoms with Gasteiger partial charge in [0.15, 0.2) is 5.78 Å². The highest BCUT2D eigenvalue weighted by molar-refractivity contribution is 7.89. The number of aliphatic carboxylic acids is 1. The van der Waals surface area contributed by atoms with E-state index < -0.39 is 46.1 Å². The minimum Gasteiger partial charge on any atom is -0.481 e. The zero-order valence-electron chi connectivity index (χ0n) is 17.3. The first-order chi connectivity index (χ1) is 14.9. The number of hydrogen-bond acceptors (Lipinski definition) is 6. The van der Waals surface area contributed by atoms with Crippen LogP contribution in [0.15, 0.2) is 47.4 Å². The van der Waals surface area contributed by atoms with Crippen molar-refractivity contribution in [3.8, 4) is 0 Å². The second-order valence-corrected chi connectivity index (χ2v) is 8.80. The van der Waals surface area contributed by atoms with Crippen molar-refractivity contribution >= 4 is 33.7 Å². The summed E-state index contributed by atoms with van der Waals surface area (Å²) in [7, 11) is -3.98. The van der Waals surface area contributed by atoms with Gasteiger partial charge >= 0.3 is 11.9 Å². The topological polar surface area (TPSA) is 167 Å². The maximum absolute atomic E-state index is 12.5. The van der Waals surface area contributed by atoms with Crippen molar-refractivity contribution in [3.05, 3.63) is 64.7 Å². The zero-order valence-corrected chi connectivity index (χ0v) is 18.1. The predicted octanol–water partition coefficient (Wildman–Crippen LogP) is 1.33. The lowest BCUT2D eigenvalue weighted by Gasteiger charge is -2.14. The van der Waals surface area contributed by atoms with Crippen molar-refractivity contribution in [2.24, 2.45) is 0 Å². The van der Waals surface area contributed by atoms with Gasteiger partial charge in [-0.3, -0.25) is 14.4 Å². The first kappa shape index (κ1) is 24.7. The van der Waals surface area contributed by atoms with E-state index in [1.54, 1.807) is 6.92 Å². The fraction of sp³-hybridized carbons (Fsp3) is 0.238. The Morgan fingerprint density at radius 1 is 1.00 bits per heavy atom. The lowest BCUT2D eigenvalue weighted by molar-refractivity contribution is -0.139. The van der Waals surface area contributed by atoms with E-state index in [0.717, 1.165) is 6.07 Å². The summed E-state index contributed by atoms with van der Waals surface area (Å²) in [6.07, 6.45) is -0.538. The van der Waals surface area contributed by atoms with Crippen LogP contribution in [0.4, 0.5) is 0 Å². The Morgan fingerprint density at radius 2 is 1.62 bits per heavy atom. The summed E-state index contributed by atoms with van der Waals surface area (Å²) >= 11 is 0. The molecule has 2 rings (SSSR count). The molecule has 1 amide bonds. The SMILES string of the molecule is CC(=O)C(CC(=O)O)NC(=O)c1ccc(CNS(=O)(=O)c2ccc(C)c(C(=O)O)c2)cc1. The molecule has 1 unspecified atom stereocenters. The number of aryl methyl sites for hydroxylation is 1. The fourth-order valence-electron chi connectivity index (χ4n) is 2.75. The van der Waals surface area contributed by atoms with Crippen LogP contribution in [-0.2, 0) is 26.2 Å². The molecule has 0 aromatic heterocycles. The van der Waals surface area contributed by atoms with Crippen LogP contribution in [0.2, 0.25) is 0 Å². The Labute approximate surface area is 184 Å². The standard InChI is InChI=1S/C21H22N2O8S/c1-12-3-8-16(9-17(12)21(28)29)32(30,31)22-11-14-4-6-15(7-5-14)20(27)23-18(13(2)24)10-19(25)26/h3-9,18,22H,10-11H2,1-2H3,(H,23,27)(H,25,26)(H,28,29). The molecule has 0 aliphatic heterocycles. The average molecular weight is 462 g/mol. The van der Waals surface area contributed by atoms with Gasteiger partial charge in [0.25, 0.3) is 5.91 Å². The number of carbonyl (C=O) groups excluding carboxylic acids is 2. The molecule has 0 aliphatic carbocycles. The molecule has 4 N–H and O–H groups in total.